The number of unbranched alkanes of at least 4 members (excludes halogenated alkanes) is 7. The third-order valence-electron chi connectivity index (χ3n) is 6.19. The zero-order chi connectivity index (χ0) is 26.9. The maximum Gasteiger partial charge on any atom is 0.335 e. The summed E-state index contributed by atoms with van der Waals surface area (Å²) in [6.07, 6.45) is 10.2. The van der Waals surface area contributed by atoms with Gasteiger partial charge in [-0.2, -0.15) is 0 Å². The van der Waals surface area contributed by atoms with E-state index in [2.05, 4.69) is 19.2 Å². The van der Waals surface area contributed by atoms with E-state index in [1.54, 1.807) is 36.4 Å². The molecule has 0 aliphatic carbocycles. The van der Waals surface area contributed by atoms with Gasteiger partial charge in [0.15, 0.2) is 0 Å². The number of carbonyl (C=O) groups excluding carboxylic acids is 1. The minimum absolute atomic E-state index is 0.152. The van der Waals surface area contributed by atoms with Crippen LogP contribution in [0.5, 0.6) is 11.5 Å². The summed E-state index contributed by atoms with van der Waals surface area (Å²) in [6, 6.07) is 10.2. The second-order valence-electron chi connectivity index (χ2n) is 9.30. The van der Waals surface area contributed by atoms with E-state index in [-0.39, 0.29) is 11.5 Å². The number of ether oxygens (including phenoxy) is 2. The first-order chi connectivity index (χ1) is 18.0. The molecule has 0 saturated heterocycles. The quantitative estimate of drug-likeness (QED) is 0.187. The third kappa shape index (κ3) is 10.4. The SMILES string of the molecule is CCCCCCOc1ccc(C(=O)O)cc1-c1cc(C(=O)NCCCCN)ccc1OCCCCCC. The Morgan fingerprint density at radius 1 is 0.757 bits per heavy atom. The summed E-state index contributed by atoms with van der Waals surface area (Å²) in [7, 11) is 0. The number of rotatable bonds is 19. The second kappa shape index (κ2) is 17.4. The fourth-order valence-electron chi connectivity index (χ4n) is 4.00. The van der Waals surface area contributed by atoms with E-state index in [1.807, 2.05) is 0 Å². The highest BCUT2D eigenvalue weighted by atomic mass is 16.5. The molecule has 0 radical (unpaired) electrons. The number of aromatic carboxylic acids is 1. The van der Waals surface area contributed by atoms with Crippen LogP contribution in [0.4, 0.5) is 0 Å². The molecule has 2 aromatic rings. The van der Waals surface area contributed by atoms with Gasteiger partial charge >= 0.3 is 5.97 Å². The highest BCUT2D eigenvalue weighted by molar-refractivity contribution is 5.97. The number of nitrogens with two attached hydrogens (primary N) is 1. The highest BCUT2D eigenvalue weighted by Crippen LogP contribution is 2.38. The van der Waals surface area contributed by atoms with Gasteiger partial charge in [0.25, 0.3) is 5.91 Å². The van der Waals surface area contributed by atoms with Crippen molar-refractivity contribution in [3.63, 3.8) is 0 Å². The van der Waals surface area contributed by atoms with E-state index < -0.39 is 5.97 Å². The molecule has 0 aliphatic rings. The number of amides is 1. The van der Waals surface area contributed by atoms with Crippen LogP contribution in [-0.2, 0) is 0 Å². The van der Waals surface area contributed by atoms with E-state index in [0.717, 1.165) is 64.2 Å². The molecule has 2 rings (SSSR count). The van der Waals surface area contributed by atoms with Gasteiger partial charge in [-0.25, -0.2) is 4.79 Å². The molecule has 37 heavy (non-hydrogen) atoms. The van der Waals surface area contributed by atoms with Crippen LogP contribution in [-0.4, -0.2) is 43.3 Å². The molecule has 0 heterocycles. The standard InChI is InChI=1S/C30H44N2O5/c1-3-5-7-11-19-36-27-15-13-23(29(33)32-18-10-9-17-31)21-25(27)26-22-24(30(34)35)14-16-28(26)37-20-12-8-6-4-2/h13-16,21-22H,3-12,17-20,31H2,1-2H3,(H,32,33)(H,34,35). The molecule has 0 aromatic heterocycles. The molecule has 0 atom stereocenters. The molecule has 0 bridgehead atoms. The topological polar surface area (TPSA) is 111 Å². The molecule has 4 N–H and O–H groups in total. The van der Waals surface area contributed by atoms with Crippen molar-refractivity contribution in [2.75, 3.05) is 26.3 Å². The normalized spacial score (nSPS) is 10.8. The summed E-state index contributed by atoms with van der Waals surface area (Å²) in [6.45, 7) is 6.54. The number of carbonyl (C=O) groups is 2. The average Bonchev–Trinajstić information content (AvgIpc) is 2.91. The Hall–Kier alpha value is -3.06. The van der Waals surface area contributed by atoms with Gasteiger partial charge in [0.05, 0.1) is 18.8 Å². The summed E-state index contributed by atoms with van der Waals surface area (Å²) in [5.41, 5.74) is 7.44. The molecule has 0 unspecified atom stereocenters. The monoisotopic (exact) mass is 512 g/mol. The predicted octanol–water partition coefficient (Wildman–Crippen LogP) is 6.44. The Labute approximate surface area is 221 Å². The lowest BCUT2D eigenvalue weighted by Crippen LogP contribution is -2.25. The summed E-state index contributed by atoms with van der Waals surface area (Å²) in [5, 5.41) is 12.6. The van der Waals surface area contributed by atoms with E-state index in [4.69, 9.17) is 15.2 Å². The van der Waals surface area contributed by atoms with Crippen LogP contribution in [0.2, 0.25) is 0 Å². The summed E-state index contributed by atoms with van der Waals surface area (Å²) < 4.78 is 12.3. The van der Waals surface area contributed by atoms with Crippen molar-refractivity contribution in [3.8, 4) is 22.6 Å². The van der Waals surface area contributed by atoms with Crippen molar-refractivity contribution in [1.82, 2.24) is 5.32 Å². The van der Waals surface area contributed by atoms with E-state index >= 15 is 0 Å². The lowest BCUT2D eigenvalue weighted by atomic mass is 9.98. The molecule has 0 saturated carbocycles. The Morgan fingerprint density at radius 3 is 1.81 bits per heavy atom. The summed E-state index contributed by atoms with van der Waals surface area (Å²) in [5.74, 6) is -0.0249. The van der Waals surface area contributed by atoms with E-state index in [1.165, 1.54) is 0 Å². The average molecular weight is 513 g/mol. The van der Waals surface area contributed by atoms with Gasteiger partial charge in [0, 0.05) is 23.2 Å². The van der Waals surface area contributed by atoms with Crippen molar-refractivity contribution in [2.24, 2.45) is 5.73 Å². The van der Waals surface area contributed by atoms with Crippen molar-refractivity contribution in [2.45, 2.75) is 78.1 Å². The maximum absolute atomic E-state index is 12.9. The largest absolute Gasteiger partial charge is 0.493 e. The number of hydrogen-bond acceptors (Lipinski definition) is 5. The molecular weight excluding hydrogens is 468 g/mol. The Kier molecular flexibility index (Phi) is 14.2. The molecule has 1 amide bonds. The molecule has 7 heteroatoms. The minimum Gasteiger partial charge on any atom is -0.493 e. The Bertz CT molecular complexity index is 976. The number of carboxylic acids is 1. The van der Waals surface area contributed by atoms with Crippen molar-refractivity contribution in [1.29, 1.82) is 0 Å². The van der Waals surface area contributed by atoms with Gasteiger partial charge in [0.1, 0.15) is 11.5 Å². The summed E-state index contributed by atoms with van der Waals surface area (Å²) >= 11 is 0. The van der Waals surface area contributed by atoms with Gasteiger partial charge in [-0.15, -0.1) is 0 Å². The van der Waals surface area contributed by atoms with Crippen molar-refractivity contribution in [3.05, 3.63) is 47.5 Å². The van der Waals surface area contributed by atoms with Gasteiger partial charge in [-0.3, -0.25) is 4.79 Å². The molecular formula is C30H44N2O5. The lowest BCUT2D eigenvalue weighted by molar-refractivity contribution is 0.0696. The first-order valence-electron chi connectivity index (χ1n) is 13.8. The molecule has 0 aliphatic heterocycles. The van der Waals surface area contributed by atoms with Crippen molar-refractivity contribution >= 4 is 11.9 Å². The fourth-order valence-corrected chi connectivity index (χ4v) is 4.00. The molecule has 0 fully saturated rings. The molecule has 0 spiro atoms. The predicted molar refractivity (Wildman–Crippen MR) is 149 cm³/mol. The minimum atomic E-state index is -1.02. The van der Waals surface area contributed by atoms with E-state index in [9.17, 15) is 14.7 Å². The van der Waals surface area contributed by atoms with Crippen LogP contribution in [0.15, 0.2) is 36.4 Å². The van der Waals surface area contributed by atoms with Crippen LogP contribution < -0.4 is 20.5 Å². The molecule has 7 nitrogen and oxygen atoms in total. The van der Waals surface area contributed by atoms with Crippen LogP contribution in [0.3, 0.4) is 0 Å². The number of benzene rings is 2. The zero-order valence-electron chi connectivity index (χ0n) is 22.5. The van der Waals surface area contributed by atoms with E-state index in [0.29, 0.717) is 54.5 Å². The number of carboxylic acid groups (broad SMARTS) is 1. The lowest BCUT2D eigenvalue weighted by Gasteiger charge is -2.17. The van der Waals surface area contributed by atoms with Gasteiger partial charge in [-0.1, -0.05) is 52.4 Å². The fraction of sp³-hybridized carbons (Fsp3) is 0.533. The first-order valence-corrected chi connectivity index (χ1v) is 13.8. The van der Waals surface area contributed by atoms with Gasteiger partial charge in [0.2, 0.25) is 0 Å². The van der Waals surface area contributed by atoms with Gasteiger partial charge < -0.3 is 25.6 Å². The van der Waals surface area contributed by atoms with Crippen LogP contribution in [0.25, 0.3) is 11.1 Å². The molecule has 204 valence electrons. The van der Waals surface area contributed by atoms with Crippen LogP contribution in [0, 0.1) is 0 Å². The number of hydrogen-bond donors (Lipinski definition) is 3. The third-order valence-corrected chi connectivity index (χ3v) is 6.19. The molecule has 2 aromatic carbocycles. The Balaban J connectivity index is 2.39. The van der Waals surface area contributed by atoms with Gasteiger partial charge in [-0.05, 0) is 68.6 Å². The number of nitrogens with one attached hydrogen (secondary N) is 1. The maximum atomic E-state index is 12.9. The van der Waals surface area contributed by atoms with Crippen molar-refractivity contribution < 1.29 is 24.2 Å². The zero-order valence-corrected chi connectivity index (χ0v) is 22.5. The first kappa shape index (κ1) is 30.2. The second-order valence-corrected chi connectivity index (χ2v) is 9.30. The summed E-state index contributed by atoms with van der Waals surface area (Å²) in [4.78, 5) is 24.6. The highest BCUT2D eigenvalue weighted by Gasteiger charge is 2.18. The smallest absolute Gasteiger partial charge is 0.335 e. The van der Waals surface area contributed by atoms with Crippen LogP contribution in [0.1, 0.15) is 98.8 Å². The van der Waals surface area contributed by atoms with Crippen LogP contribution >= 0.6 is 0 Å². The Morgan fingerprint density at radius 2 is 1.30 bits per heavy atom.